The molecule has 1 unspecified atom stereocenters. The summed E-state index contributed by atoms with van der Waals surface area (Å²) in [7, 11) is 0. The number of anilines is 3. The molecule has 7 nitrogen and oxygen atoms in total. The molecule has 7 heteroatoms. The van der Waals surface area contributed by atoms with Gasteiger partial charge in [0.1, 0.15) is 5.75 Å². The monoisotopic (exact) mass is 276 g/mol. The fourth-order valence-electron chi connectivity index (χ4n) is 2.36. The van der Waals surface area contributed by atoms with Crippen molar-refractivity contribution in [3.8, 4) is 5.75 Å². The molecule has 0 spiro atoms. The molecule has 2 amide bonds. The lowest BCUT2D eigenvalue weighted by Crippen LogP contribution is -2.32. The predicted molar refractivity (Wildman–Crippen MR) is 74.6 cm³/mol. The SMILES string of the molecule is Nc1cc2c(cc1NCC1CCC(=O)N1)NC(=O)CO2. The highest BCUT2D eigenvalue weighted by atomic mass is 16.5. The van der Waals surface area contributed by atoms with Gasteiger partial charge in [0.05, 0.1) is 17.1 Å². The van der Waals surface area contributed by atoms with Gasteiger partial charge in [-0.2, -0.15) is 0 Å². The summed E-state index contributed by atoms with van der Waals surface area (Å²) < 4.78 is 5.29. The summed E-state index contributed by atoms with van der Waals surface area (Å²) in [6.45, 7) is 0.608. The van der Waals surface area contributed by atoms with Crippen LogP contribution in [0.1, 0.15) is 12.8 Å². The lowest BCUT2D eigenvalue weighted by Gasteiger charge is -2.21. The normalized spacial score (nSPS) is 20.7. The van der Waals surface area contributed by atoms with Crippen molar-refractivity contribution in [1.82, 2.24) is 5.32 Å². The van der Waals surface area contributed by atoms with Crippen molar-refractivity contribution in [2.45, 2.75) is 18.9 Å². The van der Waals surface area contributed by atoms with E-state index in [1.807, 2.05) is 0 Å². The third kappa shape index (κ3) is 2.47. The molecule has 2 heterocycles. The van der Waals surface area contributed by atoms with E-state index in [2.05, 4.69) is 16.0 Å². The molecule has 0 radical (unpaired) electrons. The molecular formula is C13H16N4O3. The Balaban J connectivity index is 1.71. The van der Waals surface area contributed by atoms with Gasteiger partial charge in [-0.05, 0) is 12.5 Å². The van der Waals surface area contributed by atoms with Crippen LogP contribution in [0.15, 0.2) is 12.1 Å². The Morgan fingerprint density at radius 3 is 2.95 bits per heavy atom. The van der Waals surface area contributed by atoms with E-state index in [-0.39, 0.29) is 24.5 Å². The summed E-state index contributed by atoms with van der Waals surface area (Å²) in [5, 5.41) is 8.80. The Bertz CT molecular complexity index is 573. The molecule has 1 aromatic carbocycles. The first-order valence-electron chi connectivity index (χ1n) is 6.51. The van der Waals surface area contributed by atoms with E-state index in [4.69, 9.17) is 10.5 Å². The zero-order chi connectivity index (χ0) is 14.1. The summed E-state index contributed by atoms with van der Waals surface area (Å²) in [6.07, 6.45) is 1.38. The molecule has 5 N–H and O–H groups in total. The van der Waals surface area contributed by atoms with E-state index in [1.54, 1.807) is 12.1 Å². The highest BCUT2D eigenvalue weighted by molar-refractivity contribution is 5.97. The molecule has 1 fully saturated rings. The van der Waals surface area contributed by atoms with Gasteiger partial charge in [-0.1, -0.05) is 0 Å². The van der Waals surface area contributed by atoms with E-state index in [1.165, 1.54) is 0 Å². The van der Waals surface area contributed by atoms with Gasteiger partial charge in [-0.15, -0.1) is 0 Å². The first-order chi connectivity index (χ1) is 9.61. The smallest absolute Gasteiger partial charge is 0.262 e. The Labute approximate surface area is 115 Å². The number of hydrogen-bond donors (Lipinski definition) is 4. The lowest BCUT2D eigenvalue weighted by atomic mass is 10.2. The van der Waals surface area contributed by atoms with Gasteiger partial charge in [-0.25, -0.2) is 0 Å². The minimum atomic E-state index is -0.184. The van der Waals surface area contributed by atoms with Crippen LogP contribution >= 0.6 is 0 Å². The van der Waals surface area contributed by atoms with Gasteiger partial charge in [-0.3, -0.25) is 9.59 Å². The summed E-state index contributed by atoms with van der Waals surface area (Å²) in [6, 6.07) is 3.55. The zero-order valence-electron chi connectivity index (χ0n) is 10.9. The minimum absolute atomic E-state index is 0.00726. The van der Waals surface area contributed by atoms with E-state index < -0.39 is 0 Å². The molecule has 20 heavy (non-hydrogen) atoms. The Morgan fingerprint density at radius 2 is 2.20 bits per heavy atom. The molecule has 1 atom stereocenters. The summed E-state index contributed by atoms with van der Waals surface area (Å²) in [5.41, 5.74) is 7.82. The minimum Gasteiger partial charge on any atom is -0.482 e. The molecule has 3 rings (SSSR count). The molecule has 0 saturated carbocycles. The highest BCUT2D eigenvalue weighted by Crippen LogP contribution is 2.35. The number of fused-ring (bicyclic) bond motifs is 1. The Kier molecular flexibility index (Phi) is 3.09. The summed E-state index contributed by atoms with van der Waals surface area (Å²) in [4.78, 5) is 22.4. The van der Waals surface area contributed by atoms with Gasteiger partial charge in [0.2, 0.25) is 5.91 Å². The van der Waals surface area contributed by atoms with Crippen LogP contribution in [0.3, 0.4) is 0 Å². The maximum absolute atomic E-state index is 11.3. The van der Waals surface area contributed by atoms with Crippen molar-refractivity contribution < 1.29 is 14.3 Å². The number of hydrogen-bond acceptors (Lipinski definition) is 5. The fourth-order valence-corrected chi connectivity index (χ4v) is 2.36. The maximum Gasteiger partial charge on any atom is 0.262 e. The zero-order valence-corrected chi connectivity index (χ0v) is 10.9. The molecule has 2 aliphatic rings. The van der Waals surface area contributed by atoms with Crippen LogP contribution in [-0.4, -0.2) is 31.0 Å². The average Bonchev–Trinajstić information content (AvgIpc) is 2.83. The maximum atomic E-state index is 11.3. The third-order valence-electron chi connectivity index (χ3n) is 3.41. The van der Waals surface area contributed by atoms with Crippen LogP contribution in [0.25, 0.3) is 0 Å². The van der Waals surface area contributed by atoms with E-state index >= 15 is 0 Å². The number of carbonyl (C=O) groups is 2. The number of benzene rings is 1. The topological polar surface area (TPSA) is 105 Å². The lowest BCUT2D eigenvalue weighted by molar-refractivity contribution is -0.119. The highest BCUT2D eigenvalue weighted by Gasteiger charge is 2.21. The van der Waals surface area contributed by atoms with Crippen molar-refractivity contribution in [2.75, 3.05) is 29.5 Å². The van der Waals surface area contributed by atoms with Crippen LogP contribution in [0.2, 0.25) is 0 Å². The van der Waals surface area contributed by atoms with Gasteiger partial charge in [0, 0.05) is 25.1 Å². The predicted octanol–water partition coefficient (Wildman–Crippen LogP) is 0.290. The standard InChI is InChI=1S/C13H16N4O3/c14-8-3-11-10(17-13(19)6-20-11)4-9(8)15-5-7-1-2-12(18)16-7/h3-4,7,15H,1-2,5-6,14H2,(H,16,18)(H,17,19). The van der Waals surface area contributed by atoms with Gasteiger partial charge in [0.25, 0.3) is 5.91 Å². The van der Waals surface area contributed by atoms with Crippen molar-refractivity contribution >= 4 is 28.9 Å². The second-order valence-electron chi connectivity index (χ2n) is 4.96. The Morgan fingerprint density at radius 1 is 1.35 bits per heavy atom. The molecule has 0 aliphatic carbocycles. The molecule has 106 valence electrons. The number of carbonyl (C=O) groups excluding carboxylic acids is 2. The quantitative estimate of drug-likeness (QED) is 0.594. The molecular weight excluding hydrogens is 260 g/mol. The first kappa shape index (κ1) is 12.6. The van der Waals surface area contributed by atoms with Gasteiger partial charge in [0.15, 0.2) is 6.61 Å². The van der Waals surface area contributed by atoms with Crippen molar-refractivity contribution in [3.05, 3.63) is 12.1 Å². The Hall–Kier alpha value is -2.44. The third-order valence-corrected chi connectivity index (χ3v) is 3.41. The number of nitrogens with one attached hydrogen (secondary N) is 3. The largest absolute Gasteiger partial charge is 0.482 e. The first-order valence-corrected chi connectivity index (χ1v) is 6.51. The number of amides is 2. The van der Waals surface area contributed by atoms with Gasteiger partial charge < -0.3 is 26.4 Å². The molecule has 2 aliphatic heterocycles. The molecule has 1 aromatic rings. The van der Waals surface area contributed by atoms with Crippen molar-refractivity contribution in [3.63, 3.8) is 0 Å². The van der Waals surface area contributed by atoms with Crippen LogP contribution < -0.4 is 26.4 Å². The number of ether oxygens (including phenoxy) is 1. The summed E-state index contributed by atoms with van der Waals surface area (Å²) >= 11 is 0. The molecule has 1 saturated heterocycles. The van der Waals surface area contributed by atoms with Crippen molar-refractivity contribution in [1.29, 1.82) is 0 Å². The van der Waals surface area contributed by atoms with Gasteiger partial charge >= 0.3 is 0 Å². The fraction of sp³-hybridized carbons (Fsp3) is 0.385. The summed E-state index contributed by atoms with van der Waals surface area (Å²) in [5.74, 6) is 0.467. The van der Waals surface area contributed by atoms with Crippen LogP contribution in [0.4, 0.5) is 17.1 Å². The molecule has 0 aromatic heterocycles. The number of nitrogens with two attached hydrogens (primary N) is 1. The van der Waals surface area contributed by atoms with Crippen LogP contribution in [-0.2, 0) is 9.59 Å². The van der Waals surface area contributed by atoms with E-state index in [9.17, 15) is 9.59 Å². The van der Waals surface area contributed by atoms with E-state index in [0.29, 0.717) is 30.1 Å². The van der Waals surface area contributed by atoms with Crippen LogP contribution in [0.5, 0.6) is 5.75 Å². The van der Waals surface area contributed by atoms with Crippen molar-refractivity contribution in [2.24, 2.45) is 0 Å². The second kappa shape index (κ2) is 4.92. The number of nitrogen functional groups attached to an aromatic ring is 1. The van der Waals surface area contributed by atoms with E-state index in [0.717, 1.165) is 12.1 Å². The second-order valence-corrected chi connectivity index (χ2v) is 4.96. The average molecular weight is 276 g/mol. The molecule has 0 bridgehead atoms. The number of rotatable bonds is 3. The van der Waals surface area contributed by atoms with Crippen LogP contribution in [0, 0.1) is 0 Å².